The molecule has 2 rings (SSSR count). The number of fused-ring (bicyclic) bond motifs is 1. The second-order valence-corrected chi connectivity index (χ2v) is 5.95. The highest BCUT2D eigenvalue weighted by Crippen LogP contribution is 2.29. The highest BCUT2D eigenvalue weighted by Gasteiger charge is 2.15. The summed E-state index contributed by atoms with van der Waals surface area (Å²) >= 11 is 0. The van der Waals surface area contributed by atoms with E-state index in [9.17, 15) is 0 Å². The van der Waals surface area contributed by atoms with Gasteiger partial charge in [0.1, 0.15) is 0 Å². The van der Waals surface area contributed by atoms with Gasteiger partial charge in [-0.25, -0.2) is 0 Å². The maximum Gasteiger partial charge on any atom is -0.0192 e. The van der Waals surface area contributed by atoms with Crippen molar-refractivity contribution < 1.29 is 0 Å². The normalized spacial score (nSPS) is 19.7. The minimum Gasteiger partial charge on any atom is -0.0988 e. The van der Waals surface area contributed by atoms with E-state index in [1.165, 1.54) is 27.8 Å². The summed E-state index contributed by atoms with van der Waals surface area (Å²) in [5.41, 5.74) is 7.18. The van der Waals surface area contributed by atoms with E-state index in [4.69, 9.17) is 0 Å². The van der Waals surface area contributed by atoms with Crippen molar-refractivity contribution in [2.24, 2.45) is 5.92 Å². The van der Waals surface area contributed by atoms with E-state index in [1.54, 1.807) is 0 Å². The monoisotopic (exact) mass is 278 g/mol. The molecule has 1 aliphatic rings. The Labute approximate surface area is 129 Å². The number of hydrogen-bond donors (Lipinski definition) is 0. The molecule has 21 heavy (non-hydrogen) atoms. The largest absolute Gasteiger partial charge is 0.0988 e. The van der Waals surface area contributed by atoms with Crippen LogP contribution in [0.1, 0.15) is 43.9 Å². The molecule has 1 unspecified atom stereocenters. The van der Waals surface area contributed by atoms with Crippen LogP contribution in [0.4, 0.5) is 0 Å². The van der Waals surface area contributed by atoms with E-state index in [0.29, 0.717) is 5.92 Å². The molecule has 0 amide bonds. The Hall–Kier alpha value is -1.82. The van der Waals surface area contributed by atoms with Gasteiger partial charge in [-0.2, -0.15) is 0 Å². The SMILES string of the molecule is C=CC1=CC(C)Cc2c(cccc2C(C)=CC=CC)CC1. The van der Waals surface area contributed by atoms with Gasteiger partial charge in [0.25, 0.3) is 0 Å². The molecule has 0 saturated heterocycles. The Balaban J connectivity index is 2.44. The summed E-state index contributed by atoms with van der Waals surface area (Å²) in [6.45, 7) is 10.5. The number of allylic oxidation sites excluding steroid dienone is 7. The number of rotatable bonds is 3. The van der Waals surface area contributed by atoms with Crippen LogP contribution in [0.15, 0.2) is 60.7 Å². The van der Waals surface area contributed by atoms with Crippen molar-refractivity contribution in [2.75, 3.05) is 0 Å². The summed E-state index contributed by atoms with van der Waals surface area (Å²) in [7, 11) is 0. The first-order valence-electron chi connectivity index (χ1n) is 7.89. The molecule has 0 heterocycles. The van der Waals surface area contributed by atoms with E-state index >= 15 is 0 Å². The number of benzene rings is 1. The molecule has 1 aliphatic carbocycles. The van der Waals surface area contributed by atoms with Crippen LogP contribution in [-0.2, 0) is 12.8 Å². The molecule has 0 bridgehead atoms. The standard InChI is InChI=1S/C21H26/c1-5-7-9-17(4)20-11-8-10-19-13-12-18(6-2)14-16(3)15-21(19)20/h5-11,14,16H,2,12-13,15H2,1,3-4H3. The first kappa shape index (κ1) is 15.6. The van der Waals surface area contributed by atoms with Gasteiger partial charge >= 0.3 is 0 Å². The summed E-state index contributed by atoms with van der Waals surface area (Å²) in [4.78, 5) is 0. The third kappa shape index (κ3) is 3.85. The minimum atomic E-state index is 0.563. The lowest BCUT2D eigenvalue weighted by Crippen LogP contribution is -2.08. The van der Waals surface area contributed by atoms with Crippen molar-refractivity contribution in [3.8, 4) is 0 Å². The minimum absolute atomic E-state index is 0.563. The molecular weight excluding hydrogens is 252 g/mol. The molecule has 0 heteroatoms. The van der Waals surface area contributed by atoms with Crippen LogP contribution in [0.3, 0.4) is 0 Å². The lowest BCUT2D eigenvalue weighted by atomic mass is 9.84. The Morgan fingerprint density at radius 3 is 2.81 bits per heavy atom. The van der Waals surface area contributed by atoms with Crippen molar-refractivity contribution in [3.63, 3.8) is 0 Å². The Morgan fingerprint density at radius 2 is 2.10 bits per heavy atom. The third-order valence-corrected chi connectivity index (χ3v) is 4.21. The average Bonchev–Trinajstić information content (AvgIpc) is 2.47. The topological polar surface area (TPSA) is 0 Å². The second kappa shape index (κ2) is 7.26. The zero-order chi connectivity index (χ0) is 15.2. The van der Waals surface area contributed by atoms with E-state index in [2.05, 4.69) is 69.9 Å². The van der Waals surface area contributed by atoms with Gasteiger partial charge < -0.3 is 0 Å². The summed E-state index contributed by atoms with van der Waals surface area (Å²) in [6.07, 6.45) is 14.1. The molecule has 1 aromatic carbocycles. The molecule has 0 saturated carbocycles. The lowest BCUT2D eigenvalue weighted by molar-refractivity contribution is 0.693. The van der Waals surface area contributed by atoms with Gasteiger partial charge in [0.2, 0.25) is 0 Å². The molecule has 1 atom stereocenters. The number of hydrogen-bond acceptors (Lipinski definition) is 0. The molecule has 0 N–H and O–H groups in total. The Kier molecular flexibility index (Phi) is 5.38. The summed E-state index contributed by atoms with van der Waals surface area (Å²) in [6, 6.07) is 6.76. The fourth-order valence-corrected chi connectivity index (χ4v) is 3.09. The van der Waals surface area contributed by atoms with Crippen molar-refractivity contribution in [1.82, 2.24) is 0 Å². The van der Waals surface area contributed by atoms with Gasteiger partial charge in [-0.05, 0) is 61.3 Å². The summed E-state index contributed by atoms with van der Waals surface area (Å²) in [5, 5.41) is 0. The van der Waals surface area contributed by atoms with E-state index in [-0.39, 0.29) is 0 Å². The zero-order valence-electron chi connectivity index (χ0n) is 13.5. The van der Waals surface area contributed by atoms with Gasteiger partial charge in [0.05, 0.1) is 0 Å². The molecule has 0 aromatic heterocycles. The van der Waals surface area contributed by atoms with Crippen molar-refractivity contribution >= 4 is 5.57 Å². The van der Waals surface area contributed by atoms with Crippen molar-refractivity contribution in [1.29, 1.82) is 0 Å². The van der Waals surface area contributed by atoms with Crippen LogP contribution in [0.25, 0.3) is 5.57 Å². The summed E-state index contributed by atoms with van der Waals surface area (Å²) in [5.74, 6) is 0.563. The quantitative estimate of drug-likeness (QED) is 0.603. The summed E-state index contributed by atoms with van der Waals surface area (Å²) < 4.78 is 0. The molecular formula is C21H26. The van der Waals surface area contributed by atoms with Gasteiger partial charge in [0, 0.05) is 0 Å². The van der Waals surface area contributed by atoms with Gasteiger partial charge in [-0.1, -0.05) is 67.7 Å². The average molecular weight is 278 g/mol. The first-order valence-corrected chi connectivity index (χ1v) is 7.89. The van der Waals surface area contributed by atoms with Crippen LogP contribution < -0.4 is 0 Å². The fourth-order valence-electron chi connectivity index (χ4n) is 3.09. The molecule has 0 spiro atoms. The third-order valence-electron chi connectivity index (χ3n) is 4.21. The van der Waals surface area contributed by atoms with Crippen LogP contribution in [0.2, 0.25) is 0 Å². The van der Waals surface area contributed by atoms with Crippen LogP contribution in [0.5, 0.6) is 0 Å². The van der Waals surface area contributed by atoms with Crippen molar-refractivity contribution in [3.05, 3.63) is 77.4 Å². The zero-order valence-corrected chi connectivity index (χ0v) is 13.5. The molecule has 0 aliphatic heterocycles. The van der Waals surface area contributed by atoms with E-state index in [0.717, 1.165) is 19.3 Å². The van der Waals surface area contributed by atoms with Crippen LogP contribution >= 0.6 is 0 Å². The van der Waals surface area contributed by atoms with Crippen LogP contribution in [-0.4, -0.2) is 0 Å². The molecule has 0 fully saturated rings. The molecule has 110 valence electrons. The molecule has 0 radical (unpaired) electrons. The predicted octanol–water partition coefficient (Wildman–Crippen LogP) is 5.90. The van der Waals surface area contributed by atoms with E-state index in [1.807, 2.05) is 6.08 Å². The lowest BCUT2D eigenvalue weighted by Gasteiger charge is -2.21. The Bertz CT molecular complexity index is 596. The highest BCUT2D eigenvalue weighted by molar-refractivity contribution is 5.69. The maximum absolute atomic E-state index is 3.94. The molecule has 1 aromatic rings. The smallest absolute Gasteiger partial charge is 0.0192 e. The van der Waals surface area contributed by atoms with Crippen LogP contribution in [0, 0.1) is 5.92 Å². The van der Waals surface area contributed by atoms with Gasteiger partial charge in [-0.3, -0.25) is 0 Å². The first-order chi connectivity index (χ1) is 10.2. The van der Waals surface area contributed by atoms with E-state index < -0.39 is 0 Å². The maximum atomic E-state index is 3.94. The fraction of sp³-hybridized carbons (Fsp3) is 0.333. The second-order valence-electron chi connectivity index (χ2n) is 5.95. The number of aryl methyl sites for hydroxylation is 1. The van der Waals surface area contributed by atoms with Gasteiger partial charge in [-0.15, -0.1) is 0 Å². The Morgan fingerprint density at radius 1 is 1.29 bits per heavy atom. The molecule has 0 nitrogen and oxygen atoms in total. The highest BCUT2D eigenvalue weighted by atomic mass is 14.2. The predicted molar refractivity (Wildman–Crippen MR) is 94.4 cm³/mol. The van der Waals surface area contributed by atoms with Crippen molar-refractivity contribution in [2.45, 2.75) is 40.0 Å². The van der Waals surface area contributed by atoms with Gasteiger partial charge in [0.15, 0.2) is 0 Å².